The van der Waals surface area contributed by atoms with E-state index in [1.54, 1.807) is 24.3 Å². The number of carbonyl (C=O) groups is 2. The summed E-state index contributed by atoms with van der Waals surface area (Å²) in [5, 5.41) is 0. The lowest BCUT2D eigenvalue weighted by Crippen LogP contribution is -2.34. The SMILES string of the molecule is COc1ccc(C2=C(N3CCCC3)C(=O)N(c3ccc(C(F)(F)F)cc3)C2=O)cc1. The van der Waals surface area contributed by atoms with Crippen molar-refractivity contribution in [2.45, 2.75) is 19.0 Å². The van der Waals surface area contributed by atoms with Gasteiger partial charge in [-0.3, -0.25) is 9.59 Å². The Morgan fingerprint density at radius 1 is 0.867 bits per heavy atom. The molecular formula is C22H19F3N2O3. The predicted octanol–water partition coefficient (Wildman–Crippen LogP) is 4.09. The van der Waals surface area contributed by atoms with Crippen molar-refractivity contribution in [1.82, 2.24) is 4.90 Å². The van der Waals surface area contributed by atoms with Crippen LogP contribution >= 0.6 is 0 Å². The number of rotatable bonds is 4. The summed E-state index contributed by atoms with van der Waals surface area (Å²) in [5.41, 5.74) is 0.379. The van der Waals surface area contributed by atoms with Gasteiger partial charge >= 0.3 is 6.18 Å². The molecule has 2 aliphatic rings. The van der Waals surface area contributed by atoms with Crippen LogP contribution in [0.3, 0.4) is 0 Å². The van der Waals surface area contributed by atoms with Gasteiger partial charge in [-0.1, -0.05) is 12.1 Å². The zero-order valence-corrected chi connectivity index (χ0v) is 16.2. The molecule has 2 aliphatic heterocycles. The normalized spacial score (nSPS) is 17.3. The number of benzene rings is 2. The summed E-state index contributed by atoms with van der Waals surface area (Å²) >= 11 is 0. The van der Waals surface area contributed by atoms with Crippen LogP contribution in [0, 0.1) is 0 Å². The predicted molar refractivity (Wildman–Crippen MR) is 105 cm³/mol. The van der Waals surface area contributed by atoms with Crippen LogP contribution in [0.2, 0.25) is 0 Å². The molecule has 156 valence electrons. The Balaban J connectivity index is 1.76. The molecule has 0 spiro atoms. The van der Waals surface area contributed by atoms with Crippen molar-refractivity contribution in [3.63, 3.8) is 0 Å². The van der Waals surface area contributed by atoms with Gasteiger partial charge in [-0.15, -0.1) is 0 Å². The molecule has 2 heterocycles. The largest absolute Gasteiger partial charge is 0.497 e. The number of nitrogens with zero attached hydrogens (tertiary/aromatic N) is 2. The smallest absolute Gasteiger partial charge is 0.416 e. The Morgan fingerprint density at radius 2 is 1.47 bits per heavy atom. The van der Waals surface area contributed by atoms with Crippen molar-refractivity contribution in [2.75, 3.05) is 25.1 Å². The summed E-state index contributed by atoms with van der Waals surface area (Å²) in [6, 6.07) is 10.8. The van der Waals surface area contributed by atoms with E-state index in [2.05, 4.69) is 0 Å². The average Bonchev–Trinajstić information content (AvgIpc) is 3.33. The van der Waals surface area contributed by atoms with Gasteiger partial charge in [0.2, 0.25) is 0 Å². The van der Waals surface area contributed by atoms with E-state index >= 15 is 0 Å². The zero-order valence-electron chi connectivity index (χ0n) is 16.2. The minimum atomic E-state index is -4.50. The van der Waals surface area contributed by atoms with E-state index in [-0.39, 0.29) is 11.3 Å². The average molecular weight is 416 g/mol. The van der Waals surface area contributed by atoms with Crippen LogP contribution in [0.5, 0.6) is 5.75 Å². The molecule has 30 heavy (non-hydrogen) atoms. The quantitative estimate of drug-likeness (QED) is 0.705. The molecular weight excluding hydrogens is 397 g/mol. The summed E-state index contributed by atoms with van der Waals surface area (Å²) in [6.45, 7) is 1.30. The fourth-order valence-electron chi connectivity index (χ4n) is 3.80. The first-order valence-corrected chi connectivity index (χ1v) is 9.51. The fraction of sp³-hybridized carbons (Fsp3) is 0.273. The summed E-state index contributed by atoms with van der Waals surface area (Å²) in [7, 11) is 1.53. The minimum absolute atomic E-state index is 0.109. The molecule has 1 fully saturated rings. The number of methoxy groups -OCH3 is 1. The first-order valence-electron chi connectivity index (χ1n) is 9.51. The van der Waals surface area contributed by atoms with Crippen molar-refractivity contribution in [3.05, 3.63) is 65.4 Å². The Labute approximate surface area is 171 Å². The van der Waals surface area contributed by atoms with Gasteiger partial charge in [-0.25, -0.2) is 4.90 Å². The highest BCUT2D eigenvalue weighted by Crippen LogP contribution is 2.37. The summed E-state index contributed by atoms with van der Waals surface area (Å²) < 4.78 is 43.8. The van der Waals surface area contributed by atoms with Gasteiger partial charge in [-0.2, -0.15) is 13.2 Å². The van der Waals surface area contributed by atoms with E-state index in [0.717, 1.165) is 42.0 Å². The summed E-state index contributed by atoms with van der Waals surface area (Å²) in [5.74, 6) is -0.460. The van der Waals surface area contributed by atoms with E-state index < -0.39 is 23.6 Å². The van der Waals surface area contributed by atoms with E-state index in [1.807, 2.05) is 4.90 Å². The molecule has 2 aromatic carbocycles. The lowest BCUT2D eigenvalue weighted by Gasteiger charge is -2.20. The Bertz CT molecular complexity index is 1010. The number of likely N-dealkylation sites (tertiary alicyclic amines) is 1. The molecule has 0 aromatic heterocycles. The van der Waals surface area contributed by atoms with Crippen LogP contribution in [0.25, 0.3) is 5.57 Å². The molecule has 0 bridgehead atoms. The highest BCUT2D eigenvalue weighted by Gasteiger charge is 2.43. The van der Waals surface area contributed by atoms with Crippen molar-refractivity contribution in [3.8, 4) is 5.75 Å². The van der Waals surface area contributed by atoms with E-state index in [4.69, 9.17) is 4.74 Å². The molecule has 1 saturated heterocycles. The lowest BCUT2D eigenvalue weighted by atomic mass is 10.0. The van der Waals surface area contributed by atoms with Gasteiger partial charge in [0.25, 0.3) is 11.8 Å². The number of amides is 2. The van der Waals surface area contributed by atoms with Gasteiger partial charge in [0, 0.05) is 13.1 Å². The third-order valence-corrected chi connectivity index (χ3v) is 5.31. The second-order valence-electron chi connectivity index (χ2n) is 7.14. The van der Waals surface area contributed by atoms with Gasteiger partial charge in [0.05, 0.1) is 23.9 Å². The molecule has 0 atom stereocenters. The van der Waals surface area contributed by atoms with Gasteiger partial charge in [0.15, 0.2) is 0 Å². The van der Waals surface area contributed by atoms with Crippen molar-refractivity contribution in [2.24, 2.45) is 0 Å². The molecule has 2 amide bonds. The molecule has 4 rings (SSSR count). The minimum Gasteiger partial charge on any atom is -0.497 e. The monoisotopic (exact) mass is 416 g/mol. The topological polar surface area (TPSA) is 49.9 Å². The van der Waals surface area contributed by atoms with E-state index in [1.165, 1.54) is 7.11 Å². The third-order valence-electron chi connectivity index (χ3n) is 5.31. The molecule has 0 N–H and O–H groups in total. The van der Waals surface area contributed by atoms with Crippen molar-refractivity contribution >= 4 is 23.1 Å². The summed E-state index contributed by atoms with van der Waals surface area (Å²) in [4.78, 5) is 29.4. The van der Waals surface area contributed by atoms with Gasteiger partial charge in [-0.05, 0) is 54.8 Å². The number of imide groups is 1. The van der Waals surface area contributed by atoms with Crippen molar-refractivity contribution < 1.29 is 27.5 Å². The van der Waals surface area contributed by atoms with Crippen LogP contribution in [0.4, 0.5) is 18.9 Å². The standard InChI is InChI=1S/C22H19F3N2O3/c1-30-17-10-4-14(5-11-17)18-19(26-12-2-3-13-26)21(29)27(20(18)28)16-8-6-15(7-9-16)22(23,24)25/h4-11H,2-3,12-13H2,1H3. The number of anilines is 1. The van der Waals surface area contributed by atoms with Gasteiger partial charge in [0.1, 0.15) is 11.4 Å². The maximum atomic E-state index is 13.3. The molecule has 5 nitrogen and oxygen atoms in total. The third kappa shape index (κ3) is 3.42. The molecule has 2 aromatic rings. The van der Waals surface area contributed by atoms with Crippen LogP contribution < -0.4 is 9.64 Å². The second-order valence-corrected chi connectivity index (χ2v) is 7.14. The van der Waals surface area contributed by atoms with Crippen LogP contribution in [-0.2, 0) is 15.8 Å². The van der Waals surface area contributed by atoms with Crippen LogP contribution in [0.15, 0.2) is 54.2 Å². The Morgan fingerprint density at radius 3 is 2.00 bits per heavy atom. The molecule has 0 unspecified atom stereocenters. The Kier molecular flexibility index (Phi) is 5.01. The number of halogens is 3. The first-order chi connectivity index (χ1) is 14.3. The summed E-state index contributed by atoms with van der Waals surface area (Å²) in [6.07, 6.45) is -2.69. The fourth-order valence-corrected chi connectivity index (χ4v) is 3.80. The van der Waals surface area contributed by atoms with Crippen molar-refractivity contribution in [1.29, 1.82) is 0 Å². The lowest BCUT2D eigenvalue weighted by molar-refractivity contribution is -0.137. The highest BCUT2D eigenvalue weighted by atomic mass is 19.4. The van der Waals surface area contributed by atoms with E-state index in [9.17, 15) is 22.8 Å². The first kappa shape index (κ1) is 20.0. The van der Waals surface area contributed by atoms with E-state index in [0.29, 0.717) is 30.1 Å². The molecule has 0 radical (unpaired) electrons. The number of hydrogen-bond donors (Lipinski definition) is 0. The van der Waals surface area contributed by atoms with Gasteiger partial charge < -0.3 is 9.64 Å². The second kappa shape index (κ2) is 7.51. The number of ether oxygens (including phenoxy) is 1. The molecule has 0 saturated carbocycles. The molecule has 0 aliphatic carbocycles. The maximum absolute atomic E-state index is 13.3. The Hall–Kier alpha value is -3.29. The zero-order chi connectivity index (χ0) is 21.5. The number of alkyl halides is 3. The van der Waals surface area contributed by atoms with Crippen LogP contribution in [-0.4, -0.2) is 36.9 Å². The molecule has 8 heteroatoms. The maximum Gasteiger partial charge on any atom is 0.416 e. The highest BCUT2D eigenvalue weighted by molar-refractivity contribution is 6.45. The van der Waals surface area contributed by atoms with Crippen LogP contribution in [0.1, 0.15) is 24.0 Å². The number of carbonyl (C=O) groups excluding carboxylic acids is 2. The number of hydrogen-bond acceptors (Lipinski definition) is 4.